The molecule has 0 aliphatic carbocycles. The minimum absolute atomic E-state index is 0.227. The van der Waals surface area contributed by atoms with Gasteiger partial charge in [-0.1, -0.05) is 6.07 Å². The highest BCUT2D eigenvalue weighted by Gasteiger charge is 2.11. The zero-order chi connectivity index (χ0) is 20.1. The molecule has 144 valence electrons. The molecule has 2 N–H and O–H groups in total. The highest BCUT2D eigenvalue weighted by Crippen LogP contribution is 2.30. The summed E-state index contributed by atoms with van der Waals surface area (Å²) >= 11 is 0. The fourth-order valence-corrected chi connectivity index (χ4v) is 2.56. The normalized spacial score (nSPS) is 10.3. The summed E-state index contributed by atoms with van der Waals surface area (Å²) in [5.74, 6) is 1.47. The van der Waals surface area contributed by atoms with Crippen molar-refractivity contribution in [1.82, 2.24) is 9.97 Å². The molecular weight excluding hydrogens is 356 g/mol. The second-order valence-corrected chi connectivity index (χ2v) is 6.23. The van der Waals surface area contributed by atoms with Crippen LogP contribution in [0, 0.1) is 13.8 Å². The van der Waals surface area contributed by atoms with Crippen molar-refractivity contribution in [2.45, 2.75) is 13.8 Å². The fourth-order valence-electron chi connectivity index (χ4n) is 2.56. The van der Waals surface area contributed by atoms with Gasteiger partial charge in [0.1, 0.15) is 23.0 Å². The summed E-state index contributed by atoms with van der Waals surface area (Å²) in [7, 11) is 3.17. The van der Waals surface area contributed by atoms with Gasteiger partial charge in [-0.15, -0.1) is 0 Å². The molecule has 3 rings (SSSR count). The number of carbonyl (C=O) groups excluding carboxylic acids is 1. The lowest BCUT2D eigenvalue weighted by atomic mass is 10.1. The average molecular weight is 378 g/mol. The van der Waals surface area contributed by atoms with Crippen LogP contribution in [0.3, 0.4) is 0 Å². The SMILES string of the molecule is COc1ccc(Nc2cnc(C(=O)Nc3ccc(C)c(C)c3)cn2)c(OC)c1. The summed E-state index contributed by atoms with van der Waals surface area (Å²) in [6.45, 7) is 4.02. The van der Waals surface area contributed by atoms with Gasteiger partial charge in [-0.3, -0.25) is 4.79 Å². The van der Waals surface area contributed by atoms with Crippen molar-refractivity contribution in [3.8, 4) is 11.5 Å². The van der Waals surface area contributed by atoms with Crippen LogP contribution in [0.15, 0.2) is 48.8 Å². The van der Waals surface area contributed by atoms with Gasteiger partial charge < -0.3 is 20.1 Å². The van der Waals surface area contributed by atoms with Gasteiger partial charge in [-0.2, -0.15) is 0 Å². The molecule has 0 atom stereocenters. The van der Waals surface area contributed by atoms with Crippen molar-refractivity contribution >= 4 is 23.1 Å². The zero-order valence-electron chi connectivity index (χ0n) is 16.2. The average Bonchev–Trinajstić information content (AvgIpc) is 2.71. The van der Waals surface area contributed by atoms with E-state index in [1.165, 1.54) is 18.0 Å². The summed E-state index contributed by atoms with van der Waals surface area (Å²) in [5, 5.41) is 5.95. The van der Waals surface area contributed by atoms with Crippen LogP contribution in [0.4, 0.5) is 17.2 Å². The number of hydrogen-bond donors (Lipinski definition) is 2. The predicted octanol–water partition coefficient (Wildman–Crippen LogP) is 4.11. The Bertz CT molecular complexity index is 987. The van der Waals surface area contributed by atoms with Crippen LogP contribution in [0.2, 0.25) is 0 Å². The molecule has 0 aliphatic rings. The molecule has 0 unspecified atom stereocenters. The number of aromatic nitrogens is 2. The van der Waals surface area contributed by atoms with Gasteiger partial charge in [0, 0.05) is 11.8 Å². The molecule has 0 radical (unpaired) electrons. The zero-order valence-corrected chi connectivity index (χ0v) is 16.2. The summed E-state index contributed by atoms with van der Waals surface area (Å²) in [6, 6.07) is 11.1. The van der Waals surface area contributed by atoms with Gasteiger partial charge in [0.25, 0.3) is 5.91 Å². The molecule has 0 bridgehead atoms. The monoisotopic (exact) mass is 378 g/mol. The van der Waals surface area contributed by atoms with Gasteiger partial charge in [-0.05, 0) is 49.2 Å². The van der Waals surface area contributed by atoms with Crippen molar-refractivity contribution in [3.63, 3.8) is 0 Å². The van der Waals surface area contributed by atoms with Crippen LogP contribution in [0.25, 0.3) is 0 Å². The van der Waals surface area contributed by atoms with E-state index >= 15 is 0 Å². The van der Waals surface area contributed by atoms with Crippen LogP contribution < -0.4 is 20.1 Å². The van der Waals surface area contributed by atoms with Crippen molar-refractivity contribution in [2.24, 2.45) is 0 Å². The highest BCUT2D eigenvalue weighted by molar-refractivity contribution is 6.02. The number of rotatable bonds is 6. The van der Waals surface area contributed by atoms with Crippen molar-refractivity contribution in [1.29, 1.82) is 0 Å². The molecule has 0 saturated heterocycles. The summed E-state index contributed by atoms with van der Waals surface area (Å²) in [4.78, 5) is 20.8. The molecule has 28 heavy (non-hydrogen) atoms. The number of methoxy groups -OCH3 is 2. The van der Waals surface area contributed by atoms with Crippen molar-refractivity contribution in [2.75, 3.05) is 24.9 Å². The molecule has 1 heterocycles. The summed E-state index contributed by atoms with van der Waals surface area (Å²) < 4.78 is 10.5. The number of amides is 1. The Labute approximate surface area is 163 Å². The summed E-state index contributed by atoms with van der Waals surface area (Å²) in [5.41, 5.74) is 3.94. The summed E-state index contributed by atoms with van der Waals surface area (Å²) in [6.07, 6.45) is 2.92. The molecule has 0 saturated carbocycles. The van der Waals surface area contributed by atoms with E-state index in [0.717, 1.165) is 11.3 Å². The first-order valence-corrected chi connectivity index (χ1v) is 8.70. The number of anilines is 3. The van der Waals surface area contributed by atoms with Gasteiger partial charge in [0.2, 0.25) is 0 Å². The quantitative estimate of drug-likeness (QED) is 0.671. The van der Waals surface area contributed by atoms with Crippen LogP contribution in [0.1, 0.15) is 21.6 Å². The maximum Gasteiger partial charge on any atom is 0.275 e. The third-order valence-corrected chi connectivity index (χ3v) is 4.32. The van der Waals surface area contributed by atoms with E-state index in [4.69, 9.17) is 9.47 Å². The third-order valence-electron chi connectivity index (χ3n) is 4.32. The number of hydrogen-bond acceptors (Lipinski definition) is 6. The van der Waals surface area contributed by atoms with E-state index in [0.29, 0.717) is 23.0 Å². The first-order valence-electron chi connectivity index (χ1n) is 8.70. The van der Waals surface area contributed by atoms with Crippen LogP contribution >= 0.6 is 0 Å². The Balaban J connectivity index is 1.71. The molecule has 0 aliphatic heterocycles. The molecular formula is C21H22N4O3. The van der Waals surface area contributed by atoms with Gasteiger partial charge in [0.05, 0.1) is 32.3 Å². The van der Waals surface area contributed by atoms with E-state index < -0.39 is 0 Å². The Hall–Kier alpha value is -3.61. The first kappa shape index (κ1) is 19.2. The second-order valence-electron chi connectivity index (χ2n) is 6.23. The number of nitrogens with one attached hydrogen (secondary N) is 2. The lowest BCUT2D eigenvalue weighted by molar-refractivity contribution is 0.102. The van der Waals surface area contributed by atoms with Gasteiger partial charge >= 0.3 is 0 Å². The number of nitrogens with zero attached hydrogens (tertiary/aromatic N) is 2. The molecule has 7 heteroatoms. The topological polar surface area (TPSA) is 85.4 Å². The Kier molecular flexibility index (Phi) is 5.74. The molecule has 2 aromatic carbocycles. The van der Waals surface area contributed by atoms with Crippen LogP contribution in [-0.2, 0) is 0 Å². The minimum atomic E-state index is -0.315. The van der Waals surface area contributed by atoms with Crippen LogP contribution in [0.5, 0.6) is 11.5 Å². The largest absolute Gasteiger partial charge is 0.497 e. The highest BCUT2D eigenvalue weighted by atomic mass is 16.5. The van der Waals surface area contributed by atoms with E-state index in [-0.39, 0.29) is 11.6 Å². The third kappa shape index (κ3) is 4.37. The molecule has 1 amide bonds. The van der Waals surface area contributed by atoms with Crippen molar-refractivity contribution in [3.05, 3.63) is 65.6 Å². The second kappa shape index (κ2) is 8.39. The lowest BCUT2D eigenvalue weighted by Gasteiger charge is -2.12. The standard InChI is InChI=1S/C21H22N4O3/c1-13-5-6-15(9-14(13)2)24-21(26)18-11-23-20(12-22-18)25-17-8-7-16(27-3)10-19(17)28-4/h5-12H,1-4H3,(H,23,25)(H,24,26). The molecule has 7 nitrogen and oxygen atoms in total. The fraction of sp³-hybridized carbons (Fsp3) is 0.190. The Morgan fingerprint density at radius 1 is 0.929 bits per heavy atom. The van der Waals surface area contributed by atoms with E-state index in [1.807, 2.05) is 44.2 Å². The molecule has 0 spiro atoms. The van der Waals surface area contributed by atoms with Gasteiger partial charge in [-0.25, -0.2) is 9.97 Å². The number of aryl methyl sites for hydroxylation is 2. The number of benzene rings is 2. The van der Waals surface area contributed by atoms with Gasteiger partial charge in [0.15, 0.2) is 0 Å². The van der Waals surface area contributed by atoms with E-state index in [2.05, 4.69) is 20.6 Å². The van der Waals surface area contributed by atoms with E-state index in [9.17, 15) is 4.79 Å². The Morgan fingerprint density at radius 2 is 1.75 bits per heavy atom. The Morgan fingerprint density at radius 3 is 2.39 bits per heavy atom. The maximum absolute atomic E-state index is 12.4. The maximum atomic E-state index is 12.4. The smallest absolute Gasteiger partial charge is 0.275 e. The minimum Gasteiger partial charge on any atom is -0.497 e. The molecule has 0 fully saturated rings. The number of ether oxygens (including phenoxy) is 2. The van der Waals surface area contributed by atoms with Crippen LogP contribution in [-0.4, -0.2) is 30.1 Å². The first-order chi connectivity index (χ1) is 13.5. The lowest BCUT2D eigenvalue weighted by Crippen LogP contribution is -2.14. The van der Waals surface area contributed by atoms with E-state index in [1.54, 1.807) is 20.3 Å². The number of carbonyl (C=O) groups is 1. The predicted molar refractivity (Wildman–Crippen MR) is 109 cm³/mol. The molecule has 3 aromatic rings. The molecule has 1 aromatic heterocycles. The van der Waals surface area contributed by atoms with Crippen molar-refractivity contribution < 1.29 is 14.3 Å².